The Bertz CT molecular complexity index is 963. The SMILES string of the molecule is Cc1nn(C)c(C)c1C(=O)Nc1ccc(C(O)(C(F)(F)F)C(F)(F)F)c(CC(C)C)c1. The van der Waals surface area contributed by atoms with Crippen molar-refractivity contribution in [3.05, 3.63) is 46.3 Å². The van der Waals surface area contributed by atoms with Crippen LogP contribution >= 0.6 is 0 Å². The molecule has 1 heterocycles. The number of carbonyl (C=O) groups is 1. The fourth-order valence-corrected chi connectivity index (χ4v) is 3.40. The lowest BCUT2D eigenvalue weighted by Crippen LogP contribution is -2.54. The number of hydrogen-bond acceptors (Lipinski definition) is 3. The zero-order valence-electron chi connectivity index (χ0n) is 17.5. The quantitative estimate of drug-likeness (QED) is 0.642. The first-order valence-corrected chi connectivity index (χ1v) is 9.31. The molecule has 2 rings (SSSR count). The average Bonchev–Trinajstić information content (AvgIpc) is 2.84. The molecule has 1 aromatic carbocycles. The van der Waals surface area contributed by atoms with Crippen molar-refractivity contribution in [1.29, 1.82) is 0 Å². The van der Waals surface area contributed by atoms with E-state index in [9.17, 15) is 36.2 Å². The molecule has 0 aliphatic carbocycles. The van der Waals surface area contributed by atoms with E-state index in [-0.39, 0.29) is 29.2 Å². The largest absolute Gasteiger partial charge is 0.430 e. The molecule has 1 amide bonds. The van der Waals surface area contributed by atoms with Gasteiger partial charge in [0.05, 0.1) is 11.3 Å². The second-order valence-corrected chi connectivity index (χ2v) is 7.80. The van der Waals surface area contributed by atoms with Gasteiger partial charge in [-0.15, -0.1) is 0 Å². The molecule has 0 saturated heterocycles. The molecular weight excluding hydrogens is 428 g/mol. The van der Waals surface area contributed by atoms with Gasteiger partial charge in [-0.3, -0.25) is 9.48 Å². The van der Waals surface area contributed by atoms with E-state index in [2.05, 4.69) is 10.4 Å². The third-order valence-corrected chi connectivity index (χ3v) is 4.94. The summed E-state index contributed by atoms with van der Waals surface area (Å²) >= 11 is 0. The zero-order chi connectivity index (χ0) is 23.9. The molecule has 5 nitrogen and oxygen atoms in total. The number of benzene rings is 1. The summed E-state index contributed by atoms with van der Waals surface area (Å²) in [4.78, 5) is 12.6. The number of carbonyl (C=O) groups excluding carboxylic acids is 1. The summed E-state index contributed by atoms with van der Waals surface area (Å²) in [6.07, 6.45) is -12.2. The minimum absolute atomic E-state index is 0.00116. The van der Waals surface area contributed by atoms with Gasteiger partial charge in [0, 0.05) is 24.0 Å². The fraction of sp³-hybridized carbons (Fsp3) is 0.500. The van der Waals surface area contributed by atoms with E-state index in [1.165, 1.54) is 4.68 Å². The van der Waals surface area contributed by atoms with E-state index in [4.69, 9.17) is 0 Å². The standard InChI is InChI=1S/C20H23F6N3O2/c1-10(2)8-13-9-14(27-17(30)16-11(3)28-29(5)12(16)4)6-7-15(13)18(31,19(21,22)23)20(24,25)26/h6-7,9-10,31H,8H2,1-5H3,(H,27,30). The lowest BCUT2D eigenvalue weighted by Gasteiger charge is -2.34. The average molecular weight is 451 g/mol. The van der Waals surface area contributed by atoms with E-state index >= 15 is 0 Å². The van der Waals surface area contributed by atoms with Crippen LogP contribution < -0.4 is 5.32 Å². The highest BCUT2D eigenvalue weighted by Gasteiger charge is 2.71. The Balaban J connectivity index is 2.57. The van der Waals surface area contributed by atoms with Crippen LogP contribution in [0.25, 0.3) is 0 Å². The summed E-state index contributed by atoms with van der Waals surface area (Å²) in [6, 6.07) is 2.48. The molecule has 0 bridgehead atoms. The van der Waals surface area contributed by atoms with Crippen molar-refractivity contribution in [2.24, 2.45) is 13.0 Å². The first kappa shape index (κ1) is 24.7. The smallest absolute Gasteiger partial charge is 0.369 e. The summed E-state index contributed by atoms with van der Waals surface area (Å²) in [6.45, 7) is 6.46. The minimum atomic E-state index is -5.99. The van der Waals surface area contributed by atoms with Crippen LogP contribution in [0, 0.1) is 19.8 Å². The maximum Gasteiger partial charge on any atom is 0.430 e. The summed E-state index contributed by atoms with van der Waals surface area (Å²) in [5.74, 6) is -0.925. The van der Waals surface area contributed by atoms with Crippen molar-refractivity contribution >= 4 is 11.6 Å². The molecule has 1 aromatic heterocycles. The molecule has 0 aliphatic heterocycles. The molecule has 0 atom stereocenters. The van der Waals surface area contributed by atoms with Crippen molar-refractivity contribution in [1.82, 2.24) is 9.78 Å². The molecule has 11 heteroatoms. The van der Waals surface area contributed by atoms with E-state index in [0.717, 1.165) is 12.1 Å². The highest BCUT2D eigenvalue weighted by molar-refractivity contribution is 6.05. The Labute approximate surface area is 175 Å². The molecule has 0 saturated carbocycles. The number of nitrogens with one attached hydrogen (secondary N) is 1. The third kappa shape index (κ3) is 4.56. The predicted octanol–water partition coefficient (Wildman–Crippen LogP) is 4.80. The van der Waals surface area contributed by atoms with Crippen LogP contribution in [-0.4, -0.2) is 33.1 Å². The van der Waals surface area contributed by atoms with Crippen molar-refractivity contribution in [3.63, 3.8) is 0 Å². The van der Waals surface area contributed by atoms with Gasteiger partial charge in [-0.1, -0.05) is 19.9 Å². The van der Waals surface area contributed by atoms with Gasteiger partial charge in [0.2, 0.25) is 0 Å². The van der Waals surface area contributed by atoms with Crippen LogP contribution in [0.15, 0.2) is 18.2 Å². The van der Waals surface area contributed by atoms with Gasteiger partial charge in [-0.25, -0.2) is 0 Å². The first-order chi connectivity index (χ1) is 14.0. The van der Waals surface area contributed by atoms with Crippen molar-refractivity contribution in [2.45, 2.75) is 52.1 Å². The zero-order valence-corrected chi connectivity index (χ0v) is 17.5. The third-order valence-electron chi connectivity index (χ3n) is 4.94. The van der Waals surface area contributed by atoms with Crippen LogP contribution in [0.4, 0.5) is 32.0 Å². The van der Waals surface area contributed by atoms with Gasteiger partial charge >= 0.3 is 12.4 Å². The number of rotatable bonds is 5. The molecule has 31 heavy (non-hydrogen) atoms. The number of anilines is 1. The van der Waals surface area contributed by atoms with Crippen molar-refractivity contribution in [2.75, 3.05) is 5.32 Å². The molecule has 0 aliphatic rings. The van der Waals surface area contributed by atoms with Crippen molar-refractivity contribution in [3.8, 4) is 0 Å². The highest BCUT2D eigenvalue weighted by atomic mass is 19.4. The first-order valence-electron chi connectivity index (χ1n) is 9.31. The van der Waals surface area contributed by atoms with Crippen LogP contribution in [0.2, 0.25) is 0 Å². The van der Waals surface area contributed by atoms with Gasteiger partial charge in [0.1, 0.15) is 0 Å². The van der Waals surface area contributed by atoms with Gasteiger partial charge in [0.15, 0.2) is 0 Å². The van der Waals surface area contributed by atoms with Gasteiger partial charge in [-0.2, -0.15) is 31.4 Å². The van der Waals surface area contributed by atoms with Crippen LogP contribution in [0.5, 0.6) is 0 Å². The fourth-order valence-electron chi connectivity index (χ4n) is 3.40. The number of aromatic nitrogens is 2. The Kier molecular flexibility index (Phi) is 6.52. The van der Waals surface area contributed by atoms with Gasteiger partial charge in [0.25, 0.3) is 11.5 Å². The molecular formula is C20H23F6N3O2. The number of nitrogens with zero attached hydrogens (tertiary/aromatic N) is 2. The Morgan fingerprint density at radius 2 is 1.68 bits per heavy atom. The molecule has 2 N–H and O–H groups in total. The Hall–Kier alpha value is -2.56. The summed E-state index contributed by atoms with van der Waals surface area (Å²) in [5, 5.41) is 16.4. The molecule has 0 unspecified atom stereocenters. The van der Waals surface area contributed by atoms with Crippen LogP contribution in [-0.2, 0) is 19.1 Å². The number of aryl methyl sites for hydroxylation is 2. The number of halogens is 6. The number of amides is 1. The van der Waals surface area contributed by atoms with E-state index in [1.807, 2.05) is 0 Å². The second-order valence-electron chi connectivity index (χ2n) is 7.80. The predicted molar refractivity (Wildman–Crippen MR) is 102 cm³/mol. The number of aliphatic hydroxyl groups is 1. The Morgan fingerprint density at radius 1 is 1.13 bits per heavy atom. The van der Waals surface area contributed by atoms with Crippen molar-refractivity contribution < 1.29 is 36.2 Å². The monoisotopic (exact) mass is 451 g/mol. The van der Waals surface area contributed by atoms with Crippen LogP contribution in [0.3, 0.4) is 0 Å². The second kappa shape index (κ2) is 8.18. The molecule has 2 aromatic rings. The van der Waals surface area contributed by atoms with Gasteiger partial charge in [-0.05, 0) is 43.9 Å². The maximum absolute atomic E-state index is 13.4. The lowest BCUT2D eigenvalue weighted by molar-refractivity contribution is -0.376. The van der Waals surface area contributed by atoms with E-state index < -0.39 is 29.4 Å². The van der Waals surface area contributed by atoms with E-state index in [0.29, 0.717) is 17.5 Å². The molecule has 172 valence electrons. The summed E-state index contributed by atoms with van der Waals surface area (Å²) in [7, 11) is 1.63. The normalized spacial score (nSPS) is 13.1. The minimum Gasteiger partial charge on any atom is -0.369 e. The highest BCUT2D eigenvalue weighted by Crippen LogP contribution is 2.51. The summed E-state index contributed by atoms with van der Waals surface area (Å²) in [5.41, 5.74) is -5.52. The maximum atomic E-state index is 13.4. The van der Waals surface area contributed by atoms with E-state index in [1.54, 1.807) is 34.7 Å². The van der Waals surface area contributed by atoms with Gasteiger partial charge < -0.3 is 10.4 Å². The summed E-state index contributed by atoms with van der Waals surface area (Å²) < 4.78 is 81.7. The lowest BCUT2D eigenvalue weighted by atomic mass is 9.85. The number of alkyl halides is 6. The number of hydrogen-bond donors (Lipinski definition) is 2. The topological polar surface area (TPSA) is 67.2 Å². The Morgan fingerprint density at radius 3 is 2.10 bits per heavy atom. The van der Waals surface area contributed by atoms with Crippen LogP contribution in [0.1, 0.15) is 46.7 Å². The molecule has 0 spiro atoms. The molecule has 0 radical (unpaired) electrons. The molecule has 0 fully saturated rings.